The van der Waals surface area contributed by atoms with Crippen LogP contribution in [0.5, 0.6) is 0 Å². The van der Waals surface area contributed by atoms with Crippen LogP contribution in [0.4, 0.5) is 0 Å². The van der Waals surface area contributed by atoms with Crippen molar-refractivity contribution in [2.45, 2.75) is 32.0 Å². The summed E-state index contributed by atoms with van der Waals surface area (Å²) in [4.78, 5) is 14.1. The monoisotopic (exact) mass is 264 g/mol. The first-order valence-electron chi connectivity index (χ1n) is 5.91. The van der Waals surface area contributed by atoms with E-state index in [9.17, 15) is 4.79 Å². The quantitative estimate of drug-likeness (QED) is 0.726. The van der Waals surface area contributed by atoms with Gasteiger partial charge in [-0.1, -0.05) is 0 Å². The Balaban J connectivity index is 0.00000144. The highest BCUT2D eigenvalue weighted by Crippen LogP contribution is 2.12. The lowest BCUT2D eigenvalue weighted by Crippen LogP contribution is -2.59. The summed E-state index contributed by atoms with van der Waals surface area (Å²) in [7, 11) is 0. The van der Waals surface area contributed by atoms with Gasteiger partial charge >= 0.3 is 0 Å². The first kappa shape index (κ1) is 14.7. The maximum atomic E-state index is 12.2. The number of amides is 1. The molecule has 3 atom stereocenters. The molecule has 0 spiro atoms. The Bertz CT molecular complexity index is 259. The number of rotatable bonds is 1. The number of carbonyl (C=O) groups is 1. The lowest BCUT2D eigenvalue weighted by atomic mass is 10.1. The average Bonchev–Trinajstić information content (AvgIpc) is 2.32. The predicted molar refractivity (Wildman–Crippen MR) is 66.4 cm³/mol. The Morgan fingerprint density at radius 3 is 2.76 bits per heavy atom. The van der Waals surface area contributed by atoms with Crippen LogP contribution < -0.4 is 5.32 Å². The standard InChI is InChI=1S/C11H20N2O3.ClH/c1-8-6-13(9(2)5-12-8)11(14)10-7-15-3-4-16-10;/h8-10,12H,3-7H2,1-2H3;1H. The smallest absolute Gasteiger partial charge is 0.254 e. The number of nitrogens with zero attached hydrogens (tertiary/aromatic N) is 1. The van der Waals surface area contributed by atoms with Crippen molar-refractivity contribution in [1.29, 1.82) is 0 Å². The van der Waals surface area contributed by atoms with E-state index in [4.69, 9.17) is 9.47 Å². The summed E-state index contributed by atoms with van der Waals surface area (Å²) >= 11 is 0. The molecule has 2 saturated heterocycles. The van der Waals surface area contributed by atoms with Gasteiger partial charge in [-0.25, -0.2) is 0 Å². The molecule has 5 nitrogen and oxygen atoms in total. The van der Waals surface area contributed by atoms with Crippen LogP contribution in [0.1, 0.15) is 13.8 Å². The fourth-order valence-corrected chi connectivity index (χ4v) is 2.14. The zero-order chi connectivity index (χ0) is 11.5. The SMILES string of the molecule is CC1CN(C(=O)C2COCCO2)C(C)CN1.Cl. The Morgan fingerprint density at radius 1 is 1.35 bits per heavy atom. The van der Waals surface area contributed by atoms with Crippen molar-refractivity contribution in [1.82, 2.24) is 10.2 Å². The Hall–Kier alpha value is -0.360. The van der Waals surface area contributed by atoms with Gasteiger partial charge in [0, 0.05) is 25.2 Å². The highest BCUT2D eigenvalue weighted by molar-refractivity contribution is 5.85. The lowest BCUT2D eigenvalue weighted by molar-refractivity contribution is -0.161. The van der Waals surface area contributed by atoms with E-state index in [1.54, 1.807) is 0 Å². The summed E-state index contributed by atoms with van der Waals surface area (Å²) in [6.07, 6.45) is -0.401. The van der Waals surface area contributed by atoms with Gasteiger partial charge < -0.3 is 19.7 Å². The molecule has 0 saturated carbocycles. The molecule has 6 heteroatoms. The Labute approximate surface area is 108 Å². The van der Waals surface area contributed by atoms with Crippen LogP contribution in [0.3, 0.4) is 0 Å². The molecule has 0 aromatic carbocycles. The minimum atomic E-state index is -0.401. The van der Waals surface area contributed by atoms with Gasteiger partial charge in [0.25, 0.3) is 5.91 Å². The number of ether oxygens (including phenoxy) is 2. The molecule has 2 aliphatic rings. The number of piperazine rings is 1. The molecule has 100 valence electrons. The van der Waals surface area contributed by atoms with Crippen LogP contribution in [0.2, 0.25) is 0 Å². The maximum absolute atomic E-state index is 12.2. The maximum Gasteiger partial charge on any atom is 0.254 e. The van der Waals surface area contributed by atoms with E-state index in [0.717, 1.165) is 13.1 Å². The van der Waals surface area contributed by atoms with Gasteiger partial charge in [0.15, 0.2) is 6.10 Å². The number of nitrogens with one attached hydrogen (secondary N) is 1. The van der Waals surface area contributed by atoms with Gasteiger partial charge in [0.1, 0.15) is 0 Å². The third-order valence-electron chi connectivity index (χ3n) is 3.14. The van der Waals surface area contributed by atoms with Gasteiger partial charge in [-0.05, 0) is 13.8 Å². The second-order valence-corrected chi connectivity index (χ2v) is 4.58. The van der Waals surface area contributed by atoms with Crippen molar-refractivity contribution in [2.75, 3.05) is 32.9 Å². The number of carbonyl (C=O) groups excluding carboxylic acids is 1. The van der Waals surface area contributed by atoms with E-state index >= 15 is 0 Å². The van der Waals surface area contributed by atoms with Crippen molar-refractivity contribution in [3.8, 4) is 0 Å². The van der Waals surface area contributed by atoms with Crippen molar-refractivity contribution < 1.29 is 14.3 Å². The first-order valence-corrected chi connectivity index (χ1v) is 5.91. The fraction of sp³-hybridized carbons (Fsp3) is 0.909. The predicted octanol–water partition coefficient (Wildman–Crippen LogP) is 0.0324. The fourth-order valence-electron chi connectivity index (χ4n) is 2.14. The molecule has 2 rings (SSSR count). The first-order chi connectivity index (χ1) is 7.68. The van der Waals surface area contributed by atoms with E-state index in [-0.39, 0.29) is 24.4 Å². The summed E-state index contributed by atoms with van der Waals surface area (Å²) in [6, 6.07) is 0.582. The van der Waals surface area contributed by atoms with Gasteiger partial charge in [-0.3, -0.25) is 4.79 Å². The molecule has 17 heavy (non-hydrogen) atoms. The topological polar surface area (TPSA) is 50.8 Å². The van der Waals surface area contributed by atoms with E-state index in [1.165, 1.54) is 0 Å². The Kier molecular flexibility index (Phi) is 5.66. The number of hydrogen-bond donors (Lipinski definition) is 1. The number of halogens is 1. The molecule has 2 heterocycles. The second-order valence-electron chi connectivity index (χ2n) is 4.58. The van der Waals surface area contributed by atoms with Crippen molar-refractivity contribution in [3.05, 3.63) is 0 Å². The molecule has 0 radical (unpaired) electrons. The molecule has 1 amide bonds. The van der Waals surface area contributed by atoms with Gasteiger partial charge in [-0.2, -0.15) is 0 Å². The zero-order valence-electron chi connectivity index (χ0n) is 10.3. The minimum Gasteiger partial charge on any atom is -0.376 e. The van der Waals surface area contributed by atoms with E-state index in [2.05, 4.69) is 19.2 Å². The third kappa shape index (κ3) is 3.55. The van der Waals surface area contributed by atoms with Gasteiger partial charge in [-0.15, -0.1) is 12.4 Å². The summed E-state index contributed by atoms with van der Waals surface area (Å²) in [5.74, 6) is 0.0700. The number of hydrogen-bond acceptors (Lipinski definition) is 4. The van der Waals surface area contributed by atoms with E-state index in [1.807, 2.05) is 4.90 Å². The van der Waals surface area contributed by atoms with E-state index < -0.39 is 6.10 Å². The average molecular weight is 265 g/mol. The minimum absolute atomic E-state index is 0. The van der Waals surface area contributed by atoms with Crippen molar-refractivity contribution in [3.63, 3.8) is 0 Å². The highest BCUT2D eigenvalue weighted by Gasteiger charge is 2.33. The molecule has 1 N–H and O–H groups in total. The highest BCUT2D eigenvalue weighted by atomic mass is 35.5. The summed E-state index contributed by atoms with van der Waals surface area (Å²) < 4.78 is 10.7. The largest absolute Gasteiger partial charge is 0.376 e. The molecular weight excluding hydrogens is 244 g/mol. The van der Waals surface area contributed by atoms with Crippen LogP contribution >= 0.6 is 12.4 Å². The van der Waals surface area contributed by atoms with Crippen LogP contribution in [-0.4, -0.2) is 61.9 Å². The molecule has 0 bridgehead atoms. The summed E-state index contributed by atoms with van der Waals surface area (Å²) in [5, 5.41) is 3.35. The van der Waals surface area contributed by atoms with Crippen LogP contribution in [0.15, 0.2) is 0 Å². The molecule has 3 unspecified atom stereocenters. The van der Waals surface area contributed by atoms with Crippen LogP contribution in [-0.2, 0) is 14.3 Å². The second kappa shape index (κ2) is 6.54. The van der Waals surface area contributed by atoms with Crippen molar-refractivity contribution in [2.24, 2.45) is 0 Å². The summed E-state index contributed by atoms with van der Waals surface area (Å²) in [5.41, 5.74) is 0. The summed E-state index contributed by atoms with van der Waals surface area (Å²) in [6.45, 7) is 7.25. The van der Waals surface area contributed by atoms with Crippen LogP contribution in [0.25, 0.3) is 0 Å². The molecule has 0 aromatic rings. The van der Waals surface area contributed by atoms with Gasteiger partial charge in [0.2, 0.25) is 0 Å². The molecule has 0 aliphatic carbocycles. The normalized spacial score (nSPS) is 34.0. The Morgan fingerprint density at radius 2 is 2.12 bits per heavy atom. The molecular formula is C11H21ClN2O3. The zero-order valence-corrected chi connectivity index (χ0v) is 11.2. The molecule has 2 aliphatic heterocycles. The molecule has 0 aromatic heterocycles. The third-order valence-corrected chi connectivity index (χ3v) is 3.14. The lowest BCUT2D eigenvalue weighted by Gasteiger charge is -2.39. The molecule has 2 fully saturated rings. The van der Waals surface area contributed by atoms with E-state index in [0.29, 0.717) is 25.9 Å². The van der Waals surface area contributed by atoms with Crippen molar-refractivity contribution >= 4 is 18.3 Å². The van der Waals surface area contributed by atoms with Gasteiger partial charge in [0.05, 0.1) is 19.8 Å². The van der Waals surface area contributed by atoms with Crippen LogP contribution in [0, 0.1) is 0 Å².